The van der Waals surface area contributed by atoms with Crippen LogP contribution in [0.1, 0.15) is 63.7 Å². The zero-order valence-electron chi connectivity index (χ0n) is 23.5. The molecule has 0 saturated heterocycles. The summed E-state index contributed by atoms with van der Waals surface area (Å²) in [6, 6.07) is 44.6. The first kappa shape index (κ1) is 26.9. The van der Waals surface area contributed by atoms with Gasteiger partial charge >= 0.3 is 0 Å². The van der Waals surface area contributed by atoms with Crippen LogP contribution >= 0.6 is 0 Å². The van der Waals surface area contributed by atoms with Gasteiger partial charge in [0.15, 0.2) is 23.1 Å². The minimum absolute atomic E-state index is 0.0789. The molecule has 0 radical (unpaired) electrons. The first-order chi connectivity index (χ1) is 21.5. The summed E-state index contributed by atoms with van der Waals surface area (Å²) >= 11 is 0. The fourth-order valence-electron chi connectivity index (χ4n) is 5.82. The second kappa shape index (κ2) is 11.0. The Hall–Kier alpha value is -6.00. The Labute approximate surface area is 254 Å². The Kier molecular flexibility index (Phi) is 6.72. The van der Waals surface area contributed by atoms with E-state index in [1.165, 1.54) is 0 Å². The molecular weight excluding hydrogens is 544 g/mol. The summed E-state index contributed by atoms with van der Waals surface area (Å²) in [5, 5.41) is 0. The fraction of sp³-hybridized carbons (Fsp3) is 0. The maximum atomic E-state index is 12.7. The summed E-state index contributed by atoms with van der Waals surface area (Å²) < 4.78 is 0. The molecule has 0 heterocycles. The largest absolute Gasteiger partial charge is 0.289 e. The van der Waals surface area contributed by atoms with Crippen molar-refractivity contribution in [2.24, 2.45) is 0 Å². The number of benzene rings is 6. The second-order valence-electron chi connectivity index (χ2n) is 10.7. The van der Waals surface area contributed by atoms with Crippen LogP contribution < -0.4 is 0 Å². The highest BCUT2D eigenvalue weighted by atomic mass is 16.1. The fourth-order valence-corrected chi connectivity index (χ4v) is 5.82. The van der Waals surface area contributed by atoms with Crippen molar-refractivity contribution < 1.29 is 19.2 Å². The van der Waals surface area contributed by atoms with E-state index in [0.717, 1.165) is 22.3 Å². The summed E-state index contributed by atoms with van der Waals surface area (Å²) in [5.41, 5.74) is 7.88. The first-order valence-corrected chi connectivity index (χ1v) is 14.3. The van der Waals surface area contributed by atoms with Crippen molar-refractivity contribution >= 4 is 23.1 Å². The minimum atomic E-state index is -0.0806. The molecule has 0 unspecified atom stereocenters. The Morgan fingerprint density at radius 2 is 0.500 bits per heavy atom. The quantitative estimate of drug-likeness (QED) is 0.211. The van der Waals surface area contributed by atoms with Gasteiger partial charge < -0.3 is 0 Å². The number of ketones is 4. The zero-order chi connectivity index (χ0) is 30.2. The van der Waals surface area contributed by atoms with E-state index in [2.05, 4.69) is 0 Å². The van der Waals surface area contributed by atoms with E-state index in [9.17, 15) is 19.2 Å². The predicted octanol–water partition coefficient (Wildman–Crippen LogP) is 8.26. The molecule has 6 aromatic rings. The number of carbonyl (C=O) groups is 4. The zero-order valence-corrected chi connectivity index (χ0v) is 23.5. The number of hydrogen-bond donors (Lipinski definition) is 0. The third-order valence-corrected chi connectivity index (χ3v) is 8.06. The summed E-state index contributed by atoms with van der Waals surface area (Å²) in [6.07, 6.45) is 0. The molecular formula is C40H24O4. The van der Waals surface area contributed by atoms with Crippen LogP contribution in [0.3, 0.4) is 0 Å². The molecule has 44 heavy (non-hydrogen) atoms. The standard InChI is InChI=1S/2C20H12O2/c2*21-19-15-8-4-5-9-16(15)20(22)18-12-14(10-11-17(18)19)13-6-2-1-3-7-13/h2*1-12H. The van der Waals surface area contributed by atoms with Gasteiger partial charge in [0.25, 0.3) is 0 Å². The maximum absolute atomic E-state index is 12.7. The topological polar surface area (TPSA) is 68.3 Å². The van der Waals surface area contributed by atoms with Crippen molar-refractivity contribution in [2.45, 2.75) is 0 Å². The molecule has 0 aliphatic heterocycles. The SMILES string of the molecule is O=C1c2ccccc2C(=O)c2cc(-c3ccccc3)ccc21.O=C1c2ccccc2C(=O)c2cc(-c3ccccc3)ccc21. The lowest BCUT2D eigenvalue weighted by molar-refractivity contribution is 0.0979. The predicted molar refractivity (Wildman–Crippen MR) is 170 cm³/mol. The molecule has 6 aromatic carbocycles. The highest BCUT2D eigenvalue weighted by Crippen LogP contribution is 2.32. The van der Waals surface area contributed by atoms with Crippen molar-refractivity contribution in [1.29, 1.82) is 0 Å². The summed E-state index contributed by atoms with van der Waals surface area (Å²) in [6.45, 7) is 0. The third-order valence-electron chi connectivity index (χ3n) is 8.06. The van der Waals surface area contributed by atoms with Crippen molar-refractivity contribution in [3.05, 3.63) is 190 Å². The average Bonchev–Trinajstić information content (AvgIpc) is 3.10. The van der Waals surface area contributed by atoms with E-state index in [1.807, 2.05) is 84.9 Å². The Morgan fingerprint density at radius 1 is 0.227 bits per heavy atom. The molecule has 0 amide bonds. The maximum Gasteiger partial charge on any atom is 0.194 e. The van der Waals surface area contributed by atoms with Gasteiger partial charge in [-0.1, -0.05) is 121 Å². The molecule has 0 N–H and O–H groups in total. The highest BCUT2D eigenvalue weighted by Gasteiger charge is 2.30. The molecule has 2 aliphatic carbocycles. The molecule has 8 rings (SSSR count). The second-order valence-corrected chi connectivity index (χ2v) is 10.7. The smallest absolute Gasteiger partial charge is 0.194 e. The van der Waals surface area contributed by atoms with Gasteiger partial charge in [-0.25, -0.2) is 0 Å². The van der Waals surface area contributed by atoms with Crippen LogP contribution in [0.15, 0.2) is 146 Å². The van der Waals surface area contributed by atoms with Gasteiger partial charge in [0.1, 0.15) is 0 Å². The van der Waals surface area contributed by atoms with E-state index in [4.69, 9.17) is 0 Å². The van der Waals surface area contributed by atoms with Crippen LogP contribution in [0.5, 0.6) is 0 Å². The summed E-state index contributed by atoms with van der Waals surface area (Å²) in [7, 11) is 0. The Balaban J connectivity index is 0.000000142. The number of carbonyl (C=O) groups excluding carboxylic acids is 4. The average molecular weight is 569 g/mol. The molecule has 208 valence electrons. The van der Waals surface area contributed by atoms with E-state index < -0.39 is 0 Å². The molecule has 0 atom stereocenters. The summed E-state index contributed by atoms with van der Waals surface area (Å²) in [5.74, 6) is -0.319. The van der Waals surface area contributed by atoms with Crippen LogP contribution in [0.2, 0.25) is 0 Å². The lowest BCUT2D eigenvalue weighted by Crippen LogP contribution is -2.20. The number of fused-ring (bicyclic) bond motifs is 4. The number of rotatable bonds is 2. The Morgan fingerprint density at radius 3 is 0.841 bits per heavy atom. The first-order valence-electron chi connectivity index (χ1n) is 14.3. The van der Waals surface area contributed by atoms with E-state index in [0.29, 0.717) is 44.5 Å². The van der Waals surface area contributed by atoms with Gasteiger partial charge in [-0.3, -0.25) is 19.2 Å². The van der Waals surface area contributed by atoms with Gasteiger partial charge in [0.05, 0.1) is 0 Å². The van der Waals surface area contributed by atoms with E-state index in [-0.39, 0.29) is 23.1 Å². The van der Waals surface area contributed by atoms with Crippen LogP contribution in [0.25, 0.3) is 22.3 Å². The van der Waals surface area contributed by atoms with Gasteiger partial charge in [-0.15, -0.1) is 0 Å². The minimum Gasteiger partial charge on any atom is -0.289 e. The molecule has 0 aromatic heterocycles. The summed E-state index contributed by atoms with van der Waals surface area (Å²) in [4.78, 5) is 50.5. The molecule has 4 heteroatoms. The van der Waals surface area contributed by atoms with Crippen molar-refractivity contribution in [2.75, 3.05) is 0 Å². The van der Waals surface area contributed by atoms with Gasteiger partial charge in [-0.05, 0) is 46.5 Å². The molecule has 0 saturated carbocycles. The van der Waals surface area contributed by atoms with Crippen molar-refractivity contribution in [3.63, 3.8) is 0 Å². The number of hydrogen-bond acceptors (Lipinski definition) is 4. The lowest BCUT2D eigenvalue weighted by atomic mass is 9.83. The molecule has 0 bridgehead atoms. The lowest BCUT2D eigenvalue weighted by Gasteiger charge is -2.18. The van der Waals surface area contributed by atoms with Crippen LogP contribution in [0, 0.1) is 0 Å². The molecule has 0 spiro atoms. The van der Waals surface area contributed by atoms with Crippen LogP contribution in [-0.4, -0.2) is 23.1 Å². The van der Waals surface area contributed by atoms with Crippen LogP contribution in [-0.2, 0) is 0 Å². The highest BCUT2D eigenvalue weighted by molar-refractivity contribution is 6.29. The van der Waals surface area contributed by atoms with Gasteiger partial charge in [0.2, 0.25) is 0 Å². The van der Waals surface area contributed by atoms with Crippen molar-refractivity contribution in [3.8, 4) is 22.3 Å². The monoisotopic (exact) mass is 568 g/mol. The third kappa shape index (κ3) is 4.59. The molecule has 4 nitrogen and oxygen atoms in total. The van der Waals surface area contributed by atoms with E-state index >= 15 is 0 Å². The van der Waals surface area contributed by atoms with E-state index in [1.54, 1.807) is 60.7 Å². The van der Waals surface area contributed by atoms with Gasteiger partial charge in [0, 0.05) is 44.5 Å². The molecule has 2 aliphatic rings. The van der Waals surface area contributed by atoms with Gasteiger partial charge in [-0.2, -0.15) is 0 Å². The normalized spacial score (nSPS) is 12.7. The Bertz CT molecular complexity index is 1970. The molecule has 0 fully saturated rings. The van der Waals surface area contributed by atoms with Crippen molar-refractivity contribution in [1.82, 2.24) is 0 Å². The van der Waals surface area contributed by atoms with Crippen LogP contribution in [0.4, 0.5) is 0 Å².